The van der Waals surface area contributed by atoms with Crippen LogP contribution in [0, 0.1) is 29.1 Å². The van der Waals surface area contributed by atoms with Crippen LogP contribution in [0.15, 0.2) is 0 Å². The van der Waals surface area contributed by atoms with E-state index in [2.05, 4.69) is 0 Å². The van der Waals surface area contributed by atoms with Crippen molar-refractivity contribution < 1.29 is 5.11 Å². The molecule has 1 N–H and O–H groups in total. The molecule has 0 amide bonds. The summed E-state index contributed by atoms with van der Waals surface area (Å²) in [7, 11) is 0. The van der Waals surface area contributed by atoms with Crippen molar-refractivity contribution >= 4 is 0 Å². The minimum Gasteiger partial charge on any atom is -0.392 e. The van der Waals surface area contributed by atoms with E-state index in [1.54, 1.807) is 0 Å². The van der Waals surface area contributed by atoms with E-state index in [1.807, 2.05) is 0 Å². The summed E-state index contributed by atoms with van der Waals surface area (Å²) in [6.07, 6.45) is 11.2. The molecule has 4 aliphatic rings. The molecule has 1 nitrogen and oxygen atoms in total. The lowest BCUT2D eigenvalue weighted by molar-refractivity contribution is 0.0128. The summed E-state index contributed by atoms with van der Waals surface area (Å²) in [4.78, 5) is 0. The molecule has 0 saturated heterocycles. The lowest BCUT2D eigenvalue weighted by Crippen LogP contribution is -2.33. The van der Waals surface area contributed by atoms with Crippen LogP contribution < -0.4 is 0 Å². The van der Waals surface area contributed by atoms with Crippen LogP contribution in [0.3, 0.4) is 0 Å². The smallest absolute Gasteiger partial charge is 0.0632 e. The molecule has 84 valence electrons. The zero-order chi connectivity index (χ0) is 10.0. The maximum Gasteiger partial charge on any atom is 0.0632 e. The van der Waals surface area contributed by atoms with E-state index in [0.29, 0.717) is 11.3 Å². The second-order valence-electron chi connectivity index (χ2n) is 6.51. The van der Waals surface area contributed by atoms with Gasteiger partial charge in [0.1, 0.15) is 0 Å². The number of aliphatic hydroxyl groups excluding tert-OH is 1. The Morgan fingerprint density at radius 2 is 1.53 bits per heavy atom. The van der Waals surface area contributed by atoms with Gasteiger partial charge in [-0.25, -0.2) is 0 Å². The summed E-state index contributed by atoms with van der Waals surface area (Å²) in [5.74, 6) is 3.60. The maximum atomic E-state index is 10.6. The highest BCUT2D eigenvalue weighted by molar-refractivity contribution is 5.35. The fourth-order valence-corrected chi connectivity index (χ4v) is 5.42. The number of aliphatic hydroxyl groups is 1. The average Bonchev–Trinajstić information content (AvgIpc) is 3.19. The van der Waals surface area contributed by atoms with Gasteiger partial charge in [-0.1, -0.05) is 25.7 Å². The summed E-state index contributed by atoms with van der Waals surface area (Å²) in [6.45, 7) is 0. The summed E-state index contributed by atoms with van der Waals surface area (Å²) >= 11 is 0. The summed E-state index contributed by atoms with van der Waals surface area (Å²) in [5.41, 5.74) is 0.500. The molecule has 15 heavy (non-hydrogen) atoms. The van der Waals surface area contributed by atoms with E-state index in [-0.39, 0.29) is 6.10 Å². The van der Waals surface area contributed by atoms with Crippen LogP contribution >= 0.6 is 0 Å². The molecule has 4 aliphatic carbocycles. The predicted octanol–water partition coefficient (Wildman–Crippen LogP) is 2.97. The Labute approximate surface area is 92.3 Å². The number of rotatable bonds is 2. The largest absolute Gasteiger partial charge is 0.392 e. The van der Waals surface area contributed by atoms with E-state index in [9.17, 15) is 5.11 Å². The minimum atomic E-state index is 0.0955. The molecule has 4 rings (SSSR count). The molecule has 4 saturated carbocycles. The van der Waals surface area contributed by atoms with Gasteiger partial charge in [0.25, 0.3) is 0 Å². The van der Waals surface area contributed by atoms with Gasteiger partial charge < -0.3 is 5.11 Å². The van der Waals surface area contributed by atoms with Crippen LogP contribution in [0.2, 0.25) is 0 Å². The topological polar surface area (TPSA) is 20.2 Å². The van der Waals surface area contributed by atoms with Crippen LogP contribution in [0.25, 0.3) is 0 Å². The lowest BCUT2D eigenvalue weighted by Gasteiger charge is -2.34. The van der Waals surface area contributed by atoms with Crippen molar-refractivity contribution in [2.45, 2.75) is 57.5 Å². The van der Waals surface area contributed by atoms with Gasteiger partial charge in [0.05, 0.1) is 6.10 Å². The summed E-state index contributed by atoms with van der Waals surface area (Å²) < 4.78 is 0. The van der Waals surface area contributed by atoms with E-state index < -0.39 is 0 Å². The minimum absolute atomic E-state index is 0.0955. The third-order valence-electron chi connectivity index (χ3n) is 6.15. The molecule has 0 aromatic heterocycles. The third-order valence-corrected chi connectivity index (χ3v) is 6.15. The van der Waals surface area contributed by atoms with Crippen molar-refractivity contribution in [3.8, 4) is 0 Å². The molecule has 0 bridgehead atoms. The van der Waals surface area contributed by atoms with Gasteiger partial charge in [-0.15, -0.1) is 0 Å². The number of hydrogen-bond donors (Lipinski definition) is 1. The van der Waals surface area contributed by atoms with Crippen molar-refractivity contribution in [1.29, 1.82) is 0 Å². The van der Waals surface area contributed by atoms with Gasteiger partial charge in [0.2, 0.25) is 0 Å². The first-order valence-corrected chi connectivity index (χ1v) is 7.05. The highest BCUT2D eigenvalue weighted by Gasteiger charge is 2.88. The highest BCUT2D eigenvalue weighted by Crippen LogP contribution is 2.90. The molecular weight excluding hydrogens is 184 g/mol. The SMILES string of the molecule is OC(C1CCCCC1)C12C3CCCC1C32. The molecule has 0 spiro atoms. The molecule has 4 fully saturated rings. The van der Waals surface area contributed by atoms with E-state index in [4.69, 9.17) is 0 Å². The molecule has 0 radical (unpaired) electrons. The molecule has 3 unspecified atom stereocenters. The van der Waals surface area contributed by atoms with Crippen molar-refractivity contribution in [1.82, 2.24) is 0 Å². The third kappa shape index (κ3) is 0.945. The van der Waals surface area contributed by atoms with Gasteiger partial charge >= 0.3 is 0 Å². The Morgan fingerprint density at radius 3 is 2.13 bits per heavy atom. The summed E-state index contributed by atoms with van der Waals surface area (Å²) in [5, 5.41) is 10.6. The standard InChI is InChI=1S/C14H22O/c15-13(9-5-2-1-3-6-9)14-10-7-4-8-11(14)12(10)14/h9-13,15H,1-8H2. The zero-order valence-electron chi connectivity index (χ0n) is 9.49. The Morgan fingerprint density at radius 1 is 0.867 bits per heavy atom. The predicted molar refractivity (Wildman–Crippen MR) is 59.3 cm³/mol. The molecule has 0 aliphatic heterocycles. The second-order valence-corrected chi connectivity index (χ2v) is 6.51. The van der Waals surface area contributed by atoms with Gasteiger partial charge in [-0.2, -0.15) is 0 Å². The highest BCUT2D eigenvalue weighted by atomic mass is 16.3. The van der Waals surface area contributed by atoms with Crippen LogP contribution in [0.5, 0.6) is 0 Å². The van der Waals surface area contributed by atoms with Crippen LogP contribution in [0.1, 0.15) is 51.4 Å². The quantitative estimate of drug-likeness (QED) is 0.736. The van der Waals surface area contributed by atoms with Crippen molar-refractivity contribution in [3.05, 3.63) is 0 Å². The molecular formula is C14H22O. The molecule has 1 heteroatoms. The van der Waals surface area contributed by atoms with Crippen molar-refractivity contribution in [2.75, 3.05) is 0 Å². The van der Waals surface area contributed by atoms with Crippen LogP contribution in [-0.4, -0.2) is 11.2 Å². The number of hydrogen-bond acceptors (Lipinski definition) is 1. The summed E-state index contributed by atoms with van der Waals surface area (Å²) in [6, 6.07) is 0. The maximum absolute atomic E-state index is 10.6. The Hall–Kier alpha value is -0.0400. The Balaban J connectivity index is 1.50. The van der Waals surface area contributed by atoms with E-state index in [1.165, 1.54) is 51.4 Å². The first-order chi connectivity index (χ1) is 7.37. The first kappa shape index (κ1) is 9.04. The van der Waals surface area contributed by atoms with E-state index >= 15 is 0 Å². The molecule has 3 atom stereocenters. The monoisotopic (exact) mass is 206 g/mol. The van der Waals surface area contributed by atoms with Gasteiger partial charge in [0, 0.05) is 5.41 Å². The lowest BCUT2D eigenvalue weighted by atomic mass is 9.74. The van der Waals surface area contributed by atoms with E-state index in [0.717, 1.165) is 17.8 Å². The second kappa shape index (κ2) is 2.80. The first-order valence-electron chi connectivity index (χ1n) is 7.05. The zero-order valence-corrected chi connectivity index (χ0v) is 9.49. The van der Waals surface area contributed by atoms with Crippen molar-refractivity contribution in [3.63, 3.8) is 0 Å². The molecule has 0 aromatic rings. The fraction of sp³-hybridized carbons (Fsp3) is 1.00. The normalized spacial score (nSPS) is 54.6. The number of fused-ring (bicyclic) bond motifs is 2. The molecule has 0 aromatic carbocycles. The average molecular weight is 206 g/mol. The van der Waals surface area contributed by atoms with Gasteiger partial charge in [0.15, 0.2) is 0 Å². The van der Waals surface area contributed by atoms with Gasteiger partial charge in [-0.05, 0) is 49.4 Å². The Kier molecular flexibility index (Phi) is 1.68. The van der Waals surface area contributed by atoms with Crippen molar-refractivity contribution in [2.24, 2.45) is 29.1 Å². The Bertz CT molecular complexity index is 258. The fourth-order valence-electron chi connectivity index (χ4n) is 5.42. The van der Waals surface area contributed by atoms with Crippen LogP contribution in [0.4, 0.5) is 0 Å². The van der Waals surface area contributed by atoms with Crippen LogP contribution in [-0.2, 0) is 0 Å². The van der Waals surface area contributed by atoms with Gasteiger partial charge in [-0.3, -0.25) is 0 Å². The molecule has 0 heterocycles.